The van der Waals surface area contributed by atoms with E-state index in [-0.39, 0.29) is 24.0 Å². The second-order valence-electron chi connectivity index (χ2n) is 5.32. The van der Waals surface area contributed by atoms with E-state index in [0.717, 1.165) is 12.1 Å². The molecule has 0 bridgehead atoms. The van der Waals surface area contributed by atoms with Gasteiger partial charge in [0.15, 0.2) is 0 Å². The molecule has 0 atom stereocenters. The van der Waals surface area contributed by atoms with Crippen LogP contribution in [0.15, 0.2) is 53.1 Å². The summed E-state index contributed by atoms with van der Waals surface area (Å²) in [4.78, 5) is 4.07. The standard InChI is InChI=1S/C17H12F5N3O2/c18-16(19)26-13-4-2-1-3-12(13)23-9-14-24-15(25-27-14)10-5-7-11(8-6-10)17(20,21)22/h1-8,16,23H,9H2. The monoisotopic (exact) mass is 385 g/mol. The smallest absolute Gasteiger partial charge is 0.416 e. The molecule has 0 saturated heterocycles. The lowest BCUT2D eigenvalue weighted by Gasteiger charge is -2.10. The fourth-order valence-electron chi connectivity index (χ4n) is 2.23. The number of nitrogens with zero attached hydrogens (tertiary/aromatic N) is 2. The lowest BCUT2D eigenvalue weighted by atomic mass is 10.1. The highest BCUT2D eigenvalue weighted by atomic mass is 19.4. The zero-order valence-electron chi connectivity index (χ0n) is 13.5. The molecule has 10 heteroatoms. The molecule has 0 aliphatic rings. The Balaban J connectivity index is 1.69. The fourth-order valence-corrected chi connectivity index (χ4v) is 2.23. The summed E-state index contributed by atoms with van der Waals surface area (Å²) in [6, 6.07) is 10.4. The number of anilines is 1. The Hall–Kier alpha value is -3.17. The van der Waals surface area contributed by atoms with Gasteiger partial charge in [-0.3, -0.25) is 0 Å². The Morgan fingerprint density at radius 3 is 2.41 bits per heavy atom. The van der Waals surface area contributed by atoms with E-state index in [1.165, 1.54) is 30.3 Å². The van der Waals surface area contributed by atoms with E-state index in [1.54, 1.807) is 6.07 Å². The van der Waals surface area contributed by atoms with Gasteiger partial charge in [-0.1, -0.05) is 29.4 Å². The van der Waals surface area contributed by atoms with Crippen LogP contribution in [0.3, 0.4) is 0 Å². The molecule has 5 nitrogen and oxygen atoms in total. The van der Waals surface area contributed by atoms with Crippen molar-refractivity contribution in [2.45, 2.75) is 19.3 Å². The zero-order chi connectivity index (χ0) is 19.4. The molecular weight excluding hydrogens is 373 g/mol. The van der Waals surface area contributed by atoms with Crippen LogP contribution in [0.5, 0.6) is 5.75 Å². The fraction of sp³-hybridized carbons (Fsp3) is 0.176. The van der Waals surface area contributed by atoms with Gasteiger partial charge in [0.1, 0.15) is 5.75 Å². The lowest BCUT2D eigenvalue weighted by molar-refractivity contribution is -0.137. The number of hydrogen-bond acceptors (Lipinski definition) is 5. The first-order valence-corrected chi connectivity index (χ1v) is 7.61. The molecular formula is C17H12F5N3O2. The maximum Gasteiger partial charge on any atom is 0.416 e. The molecule has 1 heterocycles. The molecule has 142 valence electrons. The molecule has 0 fully saturated rings. The highest BCUT2D eigenvalue weighted by Crippen LogP contribution is 2.30. The molecule has 0 radical (unpaired) electrons. The van der Waals surface area contributed by atoms with Gasteiger partial charge < -0.3 is 14.6 Å². The number of ether oxygens (including phenoxy) is 1. The van der Waals surface area contributed by atoms with E-state index in [1.807, 2.05) is 0 Å². The molecule has 0 amide bonds. The molecule has 0 unspecified atom stereocenters. The first-order valence-electron chi connectivity index (χ1n) is 7.61. The zero-order valence-corrected chi connectivity index (χ0v) is 13.5. The molecule has 3 rings (SSSR count). The van der Waals surface area contributed by atoms with Gasteiger partial charge in [0.2, 0.25) is 11.7 Å². The van der Waals surface area contributed by atoms with Gasteiger partial charge in [-0.2, -0.15) is 26.9 Å². The van der Waals surface area contributed by atoms with E-state index < -0.39 is 18.4 Å². The Morgan fingerprint density at radius 1 is 1.04 bits per heavy atom. The average Bonchev–Trinajstić information content (AvgIpc) is 3.09. The molecule has 0 aliphatic carbocycles. The number of alkyl halides is 5. The molecule has 0 saturated carbocycles. The summed E-state index contributed by atoms with van der Waals surface area (Å²) >= 11 is 0. The van der Waals surface area contributed by atoms with E-state index in [2.05, 4.69) is 20.2 Å². The van der Waals surface area contributed by atoms with E-state index in [9.17, 15) is 22.0 Å². The highest BCUT2D eigenvalue weighted by molar-refractivity contribution is 5.57. The number of halogens is 5. The van der Waals surface area contributed by atoms with Crippen LogP contribution >= 0.6 is 0 Å². The molecule has 0 aliphatic heterocycles. The Morgan fingerprint density at radius 2 is 1.74 bits per heavy atom. The van der Waals surface area contributed by atoms with Gasteiger partial charge in [-0.05, 0) is 24.3 Å². The Bertz CT molecular complexity index is 894. The minimum Gasteiger partial charge on any atom is -0.433 e. The van der Waals surface area contributed by atoms with Crippen LogP contribution in [-0.4, -0.2) is 16.8 Å². The molecule has 1 N–H and O–H groups in total. The van der Waals surface area contributed by atoms with Crippen molar-refractivity contribution in [2.24, 2.45) is 0 Å². The molecule has 3 aromatic rings. The van der Waals surface area contributed by atoms with E-state index >= 15 is 0 Å². The van der Waals surface area contributed by atoms with E-state index in [0.29, 0.717) is 11.3 Å². The number of hydrogen-bond donors (Lipinski definition) is 1. The summed E-state index contributed by atoms with van der Waals surface area (Å²) < 4.78 is 72.0. The number of rotatable bonds is 6. The van der Waals surface area contributed by atoms with E-state index in [4.69, 9.17) is 4.52 Å². The van der Waals surface area contributed by atoms with Crippen molar-refractivity contribution in [2.75, 3.05) is 5.32 Å². The van der Waals surface area contributed by atoms with Gasteiger partial charge in [0.05, 0.1) is 17.8 Å². The summed E-state index contributed by atoms with van der Waals surface area (Å²) in [5, 5.41) is 6.53. The van der Waals surface area contributed by atoms with Crippen LogP contribution < -0.4 is 10.1 Å². The maximum atomic E-state index is 12.6. The van der Waals surface area contributed by atoms with Gasteiger partial charge in [-0.15, -0.1) is 0 Å². The quantitative estimate of drug-likeness (QED) is 0.607. The van der Waals surface area contributed by atoms with Crippen LogP contribution in [0, 0.1) is 0 Å². The van der Waals surface area contributed by atoms with Crippen LogP contribution in [0.2, 0.25) is 0 Å². The predicted octanol–water partition coefficient (Wildman–Crippen LogP) is 4.97. The van der Waals surface area contributed by atoms with Gasteiger partial charge in [0, 0.05) is 5.56 Å². The van der Waals surface area contributed by atoms with Crippen molar-refractivity contribution >= 4 is 5.69 Å². The number of nitrogens with one attached hydrogen (secondary N) is 1. The molecule has 2 aromatic carbocycles. The molecule has 27 heavy (non-hydrogen) atoms. The first kappa shape index (κ1) is 18.6. The first-order chi connectivity index (χ1) is 12.8. The second kappa shape index (κ2) is 7.60. The van der Waals surface area contributed by atoms with Crippen molar-refractivity contribution in [3.8, 4) is 17.1 Å². The van der Waals surface area contributed by atoms with Crippen molar-refractivity contribution in [1.82, 2.24) is 10.1 Å². The van der Waals surface area contributed by atoms with Crippen LogP contribution in [0.25, 0.3) is 11.4 Å². The number of aromatic nitrogens is 2. The average molecular weight is 385 g/mol. The third-order valence-electron chi connectivity index (χ3n) is 3.47. The van der Waals surface area contributed by atoms with Gasteiger partial charge >= 0.3 is 12.8 Å². The van der Waals surface area contributed by atoms with Crippen molar-refractivity contribution in [1.29, 1.82) is 0 Å². The summed E-state index contributed by atoms with van der Waals surface area (Å²) in [5.74, 6) is 0.185. The minimum absolute atomic E-state index is 0.0112. The third kappa shape index (κ3) is 4.72. The van der Waals surface area contributed by atoms with Crippen molar-refractivity contribution < 1.29 is 31.2 Å². The normalized spacial score (nSPS) is 11.6. The second-order valence-corrected chi connectivity index (χ2v) is 5.32. The SMILES string of the molecule is FC(F)Oc1ccccc1NCc1nc(-c2ccc(C(F)(F)F)cc2)no1. The van der Waals surface area contributed by atoms with Crippen LogP contribution in [0.4, 0.5) is 27.6 Å². The summed E-state index contributed by atoms with van der Waals surface area (Å²) in [5.41, 5.74) is -0.140. The Labute approximate surface area is 149 Å². The van der Waals surface area contributed by atoms with Crippen molar-refractivity contribution in [3.05, 3.63) is 60.0 Å². The third-order valence-corrected chi connectivity index (χ3v) is 3.47. The van der Waals surface area contributed by atoms with Crippen LogP contribution in [-0.2, 0) is 12.7 Å². The highest BCUT2D eigenvalue weighted by Gasteiger charge is 2.30. The van der Waals surface area contributed by atoms with Gasteiger partial charge in [0.25, 0.3) is 0 Å². The predicted molar refractivity (Wildman–Crippen MR) is 85.1 cm³/mol. The topological polar surface area (TPSA) is 60.2 Å². The van der Waals surface area contributed by atoms with Crippen LogP contribution in [0.1, 0.15) is 11.5 Å². The number of benzene rings is 2. The van der Waals surface area contributed by atoms with Crippen molar-refractivity contribution in [3.63, 3.8) is 0 Å². The summed E-state index contributed by atoms with van der Waals surface area (Å²) in [7, 11) is 0. The maximum absolute atomic E-state index is 12.6. The molecule has 0 spiro atoms. The number of para-hydroxylation sites is 2. The molecule has 1 aromatic heterocycles. The largest absolute Gasteiger partial charge is 0.433 e. The lowest BCUT2D eigenvalue weighted by Crippen LogP contribution is -2.06. The summed E-state index contributed by atoms with van der Waals surface area (Å²) in [6.45, 7) is -2.96. The summed E-state index contributed by atoms with van der Waals surface area (Å²) in [6.07, 6.45) is -4.43. The minimum atomic E-state index is -4.43. The Kier molecular flexibility index (Phi) is 5.24. The van der Waals surface area contributed by atoms with Gasteiger partial charge in [-0.25, -0.2) is 0 Å².